The molecule has 2 N–H and O–H groups in total. The molecule has 0 spiro atoms. The van der Waals surface area contributed by atoms with Gasteiger partial charge in [-0.3, -0.25) is 9.59 Å². The number of carbonyl (C=O) groups is 2. The second-order valence-corrected chi connectivity index (χ2v) is 6.10. The molecule has 2 aromatic rings. The fraction of sp³-hybridized carbons (Fsp3) is 0.176. The second kappa shape index (κ2) is 6.71. The number of Topliss-reactive ketones (excluding diaryl/α,β-unsaturated/α-hetero) is 1. The van der Waals surface area contributed by atoms with Crippen molar-refractivity contribution in [2.45, 2.75) is 19.4 Å². The van der Waals surface area contributed by atoms with Gasteiger partial charge in [-0.1, -0.05) is 47.5 Å². The highest BCUT2D eigenvalue weighted by molar-refractivity contribution is 6.42. The smallest absolute Gasteiger partial charge is 0.260 e. The van der Waals surface area contributed by atoms with Gasteiger partial charge in [0.1, 0.15) is 0 Å². The molecule has 2 rings (SSSR count). The fourth-order valence-corrected chi connectivity index (χ4v) is 2.29. The van der Waals surface area contributed by atoms with E-state index in [1.54, 1.807) is 36.4 Å². The largest absolute Gasteiger partial charge is 0.376 e. The molecule has 0 aliphatic heterocycles. The third-order valence-electron chi connectivity index (χ3n) is 3.47. The third kappa shape index (κ3) is 3.91. The SMILES string of the molecule is CC(=O)c1ccc(C(C)(O)C(=O)Nc2ccc(Cl)c(Cl)c2)cc1. The predicted octanol–water partition coefficient (Wildman–Crippen LogP) is 4.04. The van der Waals surface area contributed by atoms with Crippen LogP contribution >= 0.6 is 23.2 Å². The van der Waals surface area contributed by atoms with Gasteiger partial charge >= 0.3 is 0 Å². The molecule has 0 aromatic heterocycles. The van der Waals surface area contributed by atoms with Crippen molar-refractivity contribution < 1.29 is 14.7 Å². The normalized spacial score (nSPS) is 13.3. The maximum Gasteiger partial charge on any atom is 0.260 e. The highest BCUT2D eigenvalue weighted by Crippen LogP contribution is 2.27. The average Bonchev–Trinajstić information content (AvgIpc) is 2.51. The summed E-state index contributed by atoms with van der Waals surface area (Å²) in [6.45, 7) is 2.83. The zero-order valence-electron chi connectivity index (χ0n) is 12.6. The minimum atomic E-state index is -1.76. The molecular weight excluding hydrogens is 337 g/mol. The minimum absolute atomic E-state index is 0.0866. The van der Waals surface area contributed by atoms with E-state index in [1.165, 1.54) is 19.9 Å². The van der Waals surface area contributed by atoms with E-state index in [-0.39, 0.29) is 5.78 Å². The van der Waals surface area contributed by atoms with Crippen molar-refractivity contribution in [1.82, 2.24) is 0 Å². The lowest BCUT2D eigenvalue weighted by molar-refractivity contribution is -0.133. The van der Waals surface area contributed by atoms with E-state index in [9.17, 15) is 14.7 Å². The van der Waals surface area contributed by atoms with E-state index >= 15 is 0 Å². The Morgan fingerprint density at radius 3 is 2.17 bits per heavy atom. The molecule has 0 aliphatic rings. The quantitative estimate of drug-likeness (QED) is 0.816. The Labute approximate surface area is 144 Å². The number of ketones is 1. The van der Waals surface area contributed by atoms with Crippen LogP contribution in [0.4, 0.5) is 5.69 Å². The minimum Gasteiger partial charge on any atom is -0.376 e. The first-order valence-electron chi connectivity index (χ1n) is 6.82. The molecule has 1 amide bonds. The molecule has 120 valence electrons. The Bertz CT molecular complexity index is 755. The molecule has 0 fully saturated rings. The lowest BCUT2D eigenvalue weighted by Gasteiger charge is -2.23. The summed E-state index contributed by atoms with van der Waals surface area (Å²) >= 11 is 11.7. The fourth-order valence-electron chi connectivity index (χ4n) is 1.99. The summed E-state index contributed by atoms with van der Waals surface area (Å²) in [4.78, 5) is 23.6. The van der Waals surface area contributed by atoms with Crippen LogP contribution in [0.2, 0.25) is 10.0 Å². The van der Waals surface area contributed by atoms with Crippen LogP contribution in [-0.4, -0.2) is 16.8 Å². The first kappa shape index (κ1) is 17.5. The molecule has 0 bridgehead atoms. The van der Waals surface area contributed by atoms with Crippen LogP contribution in [0.1, 0.15) is 29.8 Å². The van der Waals surface area contributed by atoms with Crippen LogP contribution in [0.15, 0.2) is 42.5 Å². The molecule has 6 heteroatoms. The lowest BCUT2D eigenvalue weighted by Crippen LogP contribution is -2.37. The monoisotopic (exact) mass is 351 g/mol. The van der Waals surface area contributed by atoms with Crippen molar-refractivity contribution in [2.24, 2.45) is 0 Å². The number of hydrogen-bond donors (Lipinski definition) is 2. The van der Waals surface area contributed by atoms with E-state index in [0.29, 0.717) is 26.9 Å². The first-order valence-corrected chi connectivity index (χ1v) is 7.58. The Morgan fingerprint density at radius 1 is 1.04 bits per heavy atom. The second-order valence-electron chi connectivity index (χ2n) is 5.29. The topological polar surface area (TPSA) is 66.4 Å². The van der Waals surface area contributed by atoms with Crippen LogP contribution in [0, 0.1) is 0 Å². The summed E-state index contributed by atoms with van der Waals surface area (Å²) in [6.07, 6.45) is 0. The summed E-state index contributed by atoms with van der Waals surface area (Å²) in [5, 5.41) is 13.8. The zero-order valence-corrected chi connectivity index (χ0v) is 14.1. The number of rotatable bonds is 4. The average molecular weight is 352 g/mol. The van der Waals surface area contributed by atoms with Crippen molar-refractivity contribution >= 4 is 40.6 Å². The molecule has 1 atom stereocenters. The van der Waals surface area contributed by atoms with E-state index < -0.39 is 11.5 Å². The number of anilines is 1. The number of nitrogens with one attached hydrogen (secondary N) is 1. The third-order valence-corrected chi connectivity index (χ3v) is 4.21. The number of amides is 1. The van der Waals surface area contributed by atoms with Crippen LogP contribution in [-0.2, 0) is 10.4 Å². The Balaban J connectivity index is 2.22. The lowest BCUT2D eigenvalue weighted by atomic mass is 9.93. The molecule has 23 heavy (non-hydrogen) atoms. The molecule has 0 saturated carbocycles. The molecular formula is C17H15Cl2NO3. The molecule has 0 aliphatic carbocycles. The van der Waals surface area contributed by atoms with E-state index in [2.05, 4.69) is 5.32 Å². The van der Waals surface area contributed by atoms with Crippen LogP contribution in [0.3, 0.4) is 0 Å². The van der Waals surface area contributed by atoms with Gasteiger partial charge in [0.15, 0.2) is 11.4 Å². The highest BCUT2D eigenvalue weighted by atomic mass is 35.5. The van der Waals surface area contributed by atoms with Crippen molar-refractivity contribution in [3.8, 4) is 0 Å². The molecule has 4 nitrogen and oxygen atoms in total. The van der Waals surface area contributed by atoms with Gasteiger partial charge in [0, 0.05) is 11.3 Å². The summed E-state index contributed by atoms with van der Waals surface area (Å²) in [7, 11) is 0. The number of aliphatic hydroxyl groups is 1. The summed E-state index contributed by atoms with van der Waals surface area (Å²) in [6, 6.07) is 10.9. The summed E-state index contributed by atoms with van der Waals surface area (Å²) in [5.41, 5.74) is -0.457. The molecule has 2 aromatic carbocycles. The van der Waals surface area contributed by atoms with Gasteiger partial charge in [-0.2, -0.15) is 0 Å². The van der Waals surface area contributed by atoms with Crippen molar-refractivity contribution in [3.05, 3.63) is 63.6 Å². The Hall–Kier alpha value is -1.88. The van der Waals surface area contributed by atoms with Gasteiger partial charge in [-0.25, -0.2) is 0 Å². The van der Waals surface area contributed by atoms with Gasteiger partial charge in [0.25, 0.3) is 5.91 Å². The zero-order chi connectivity index (χ0) is 17.2. The molecule has 0 saturated heterocycles. The van der Waals surface area contributed by atoms with Gasteiger partial charge in [-0.15, -0.1) is 0 Å². The molecule has 0 heterocycles. The summed E-state index contributed by atoms with van der Waals surface area (Å²) in [5.74, 6) is -0.706. The number of hydrogen-bond acceptors (Lipinski definition) is 3. The van der Waals surface area contributed by atoms with E-state index in [4.69, 9.17) is 23.2 Å². The van der Waals surface area contributed by atoms with Gasteiger partial charge in [-0.05, 0) is 37.6 Å². The number of benzene rings is 2. The number of carbonyl (C=O) groups excluding carboxylic acids is 2. The Kier molecular flexibility index (Phi) is 5.09. The van der Waals surface area contributed by atoms with E-state index in [0.717, 1.165) is 0 Å². The molecule has 0 radical (unpaired) electrons. The van der Waals surface area contributed by atoms with Crippen molar-refractivity contribution in [3.63, 3.8) is 0 Å². The van der Waals surface area contributed by atoms with Gasteiger partial charge < -0.3 is 10.4 Å². The maximum absolute atomic E-state index is 12.3. The van der Waals surface area contributed by atoms with Crippen molar-refractivity contribution in [1.29, 1.82) is 0 Å². The highest BCUT2D eigenvalue weighted by Gasteiger charge is 2.32. The van der Waals surface area contributed by atoms with E-state index in [1.807, 2.05) is 0 Å². The first-order chi connectivity index (χ1) is 10.7. The van der Waals surface area contributed by atoms with Crippen LogP contribution < -0.4 is 5.32 Å². The Morgan fingerprint density at radius 2 is 1.65 bits per heavy atom. The summed E-state index contributed by atoms with van der Waals surface area (Å²) < 4.78 is 0. The van der Waals surface area contributed by atoms with Gasteiger partial charge in [0.05, 0.1) is 10.0 Å². The number of halogens is 2. The molecule has 1 unspecified atom stereocenters. The predicted molar refractivity (Wildman–Crippen MR) is 91.1 cm³/mol. The van der Waals surface area contributed by atoms with Crippen LogP contribution in [0.5, 0.6) is 0 Å². The maximum atomic E-state index is 12.3. The standard InChI is InChI=1S/C17H15Cl2NO3/c1-10(21)11-3-5-12(6-4-11)17(2,23)16(22)20-13-7-8-14(18)15(19)9-13/h3-9,23H,1-2H3,(H,20,22). The van der Waals surface area contributed by atoms with Crippen LogP contribution in [0.25, 0.3) is 0 Å². The van der Waals surface area contributed by atoms with Crippen molar-refractivity contribution in [2.75, 3.05) is 5.32 Å². The van der Waals surface area contributed by atoms with Gasteiger partial charge in [0.2, 0.25) is 0 Å².